The standard InChI is InChI=1S/C12H15NO7/c14-5-12(6-15,7-16)8-20-11(17)9-2-1-3-10(4-9)13(18)19/h1-4,14-16H,5-8H2. The third-order valence-electron chi connectivity index (χ3n) is 2.81. The fourth-order valence-electron chi connectivity index (χ4n) is 1.34. The van der Waals surface area contributed by atoms with Crippen molar-refractivity contribution in [2.24, 2.45) is 5.41 Å². The second-order valence-electron chi connectivity index (χ2n) is 4.36. The van der Waals surface area contributed by atoms with Crippen molar-refractivity contribution in [3.05, 3.63) is 39.9 Å². The number of aliphatic hydroxyl groups excluding tert-OH is 3. The summed E-state index contributed by atoms with van der Waals surface area (Å²) in [5.41, 5.74) is -1.62. The van der Waals surface area contributed by atoms with Crippen LogP contribution in [0.4, 0.5) is 5.69 Å². The second kappa shape index (κ2) is 6.94. The van der Waals surface area contributed by atoms with Crippen LogP contribution in [0.5, 0.6) is 0 Å². The molecule has 0 aromatic heterocycles. The molecule has 8 nitrogen and oxygen atoms in total. The Morgan fingerprint density at radius 1 is 1.25 bits per heavy atom. The van der Waals surface area contributed by atoms with Crippen molar-refractivity contribution in [2.45, 2.75) is 0 Å². The predicted octanol–water partition coefficient (Wildman–Crippen LogP) is -0.285. The fraction of sp³-hybridized carbons (Fsp3) is 0.417. The third kappa shape index (κ3) is 3.73. The Morgan fingerprint density at radius 2 is 1.85 bits per heavy atom. The van der Waals surface area contributed by atoms with E-state index in [4.69, 9.17) is 20.1 Å². The average molecular weight is 285 g/mol. The normalized spacial score (nSPS) is 11.2. The molecule has 1 aromatic rings. The molecule has 0 saturated carbocycles. The topological polar surface area (TPSA) is 130 Å². The number of nitrogens with zero attached hydrogens (tertiary/aromatic N) is 1. The Bertz CT molecular complexity index is 476. The number of benzene rings is 1. The van der Waals surface area contributed by atoms with Crippen molar-refractivity contribution in [1.29, 1.82) is 0 Å². The molecule has 0 radical (unpaired) electrons. The van der Waals surface area contributed by atoms with Crippen LogP contribution < -0.4 is 0 Å². The number of non-ortho nitro benzene ring substituents is 1. The van der Waals surface area contributed by atoms with Gasteiger partial charge in [-0.2, -0.15) is 0 Å². The number of nitro groups is 1. The van der Waals surface area contributed by atoms with Gasteiger partial charge in [-0.3, -0.25) is 10.1 Å². The summed E-state index contributed by atoms with van der Waals surface area (Å²) >= 11 is 0. The predicted molar refractivity (Wildman–Crippen MR) is 67.1 cm³/mol. The van der Waals surface area contributed by atoms with Crippen molar-refractivity contribution in [1.82, 2.24) is 0 Å². The Morgan fingerprint density at radius 3 is 2.35 bits per heavy atom. The smallest absolute Gasteiger partial charge is 0.338 e. The van der Waals surface area contributed by atoms with E-state index in [2.05, 4.69) is 0 Å². The van der Waals surface area contributed by atoms with E-state index in [0.717, 1.165) is 6.07 Å². The lowest BCUT2D eigenvalue weighted by Gasteiger charge is -2.26. The van der Waals surface area contributed by atoms with Gasteiger partial charge >= 0.3 is 5.97 Å². The van der Waals surface area contributed by atoms with Gasteiger partial charge in [0.05, 0.1) is 35.7 Å². The molecule has 110 valence electrons. The summed E-state index contributed by atoms with van der Waals surface area (Å²) in [7, 11) is 0. The molecule has 1 aromatic carbocycles. The molecule has 1 rings (SSSR count). The molecule has 0 aliphatic heterocycles. The van der Waals surface area contributed by atoms with Crippen LogP contribution in [0.2, 0.25) is 0 Å². The monoisotopic (exact) mass is 285 g/mol. The quantitative estimate of drug-likeness (QED) is 0.356. The number of esters is 1. The molecule has 0 aliphatic rings. The van der Waals surface area contributed by atoms with E-state index in [1.165, 1.54) is 18.2 Å². The second-order valence-corrected chi connectivity index (χ2v) is 4.36. The highest BCUT2D eigenvalue weighted by molar-refractivity contribution is 5.90. The van der Waals surface area contributed by atoms with Crippen molar-refractivity contribution < 1.29 is 29.8 Å². The molecule has 3 N–H and O–H groups in total. The summed E-state index contributed by atoms with van der Waals surface area (Å²) in [4.78, 5) is 21.7. The summed E-state index contributed by atoms with van der Waals surface area (Å²) in [6.45, 7) is -2.11. The van der Waals surface area contributed by atoms with Crippen LogP contribution in [-0.2, 0) is 4.74 Å². The molecule has 20 heavy (non-hydrogen) atoms. The lowest BCUT2D eigenvalue weighted by Crippen LogP contribution is -2.39. The van der Waals surface area contributed by atoms with E-state index in [1.807, 2.05) is 0 Å². The summed E-state index contributed by atoms with van der Waals surface area (Å²) in [6, 6.07) is 4.97. The Balaban J connectivity index is 2.76. The zero-order chi connectivity index (χ0) is 15.2. The lowest BCUT2D eigenvalue weighted by atomic mass is 9.93. The number of hydrogen-bond acceptors (Lipinski definition) is 7. The van der Waals surface area contributed by atoms with Crippen LogP contribution in [0.3, 0.4) is 0 Å². The van der Waals surface area contributed by atoms with E-state index in [1.54, 1.807) is 0 Å². The van der Waals surface area contributed by atoms with Gasteiger partial charge < -0.3 is 20.1 Å². The maximum absolute atomic E-state index is 11.7. The first-order valence-corrected chi connectivity index (χ1v) is 5.72. The molecule has 0 fully saturated rings. The van der Waals surface area contributed by atoms with Crippen molar-refractivity contribution in [2.75, 3.05) is 26.4 Å². The van der Waals surface area contributed by atoms with Gasteiger partial charge in [-0.25, -0.2) is 4.79 Å². The molecular weight excluding hydrogens is 270 g/mol. The molecule has 0 amide bonds. The Hall–Kier alpha value is -2.03. The van der Waals surface area contributed by atoms with E-state index in [9.17, 15) is 14.9 Å². The average Bonchev–Trinajstić information content (AvgIpc) is 2.49. The molecule has 0 atom stereocenters. The molecule has 0 aliphatic carbocycles. The van der Waals surface area contributed by atoms with Crippen molar-refractivity contribution >= 4 is 11.7 Å². The summed E-state index contributed by atoms with van der Waals surface area (Å²) < 4.78 is 4.86. The minimum Gasteiger partial charge on any atom is -0.461 e. The maximum atomic E-state index is 11.7. The van der Waals surface area contributed by atoms with Crippen LogP contribution in [0.15, 0.2) is 24.3 Å². The number of ether oxygens (including phenoxy) is 1. The lowest BCUT2D eigenvalue weighted by molar-refractivity contribution is -0.384. The van der Waals surface area contributed by atoms with Crippen molar-refractivity contribution in [3.8, 4) is 0 Å². The van der Waals surface area contributed by atoms with Gasteiger partial charge in [0, 0.05) is 12.1 Å². The summed E-state index contributed by atoms with van der Waals surface area (Å²) in [6.07, 6.45) is 0. The van der Waals surface area contributed by atoms with Crippen LogP contribution in [0.25, 0.3) is 0 Å². The third-order valence-corrected chi connectivity index (χ3v) is 2.81. The zero-order valence-electron chi connectivity index (χ0n) is 10.6. The van der Waals surface area contributed by atoms with Gasteiger partial charge in [0.25, 0.3) is 5.69 Å². The van der Waals surface area contributed by atoms with Crippen LogP contribution in [-0.4, -0.2) is 52.6 Å². The minimum atomic E-state index is -1.34. The van der Waals surface area contributed by atoms with Crippen LogP contribution >= 0.6 is 0 Å². The number of carbonyl (C=O) groups is 1. The van der Waals surface area contributed by atoms with E-state index < -0.39 is 42.7 Å². The zero-order valence-corrected chi connectivity index (χ0v) is 10.6. The van der Waals surface area contributed by atoms with Gasteiger partial charge in [-0.15, -0.1) is 0 Å². The molecule has 0 bridgehead atoms. The molecule has 0 saturated heterocycles. The van der Waals surface area contributed by atoms with E-state index in [0.29, 0.717) is 0 Å². The van der Waals surface area contributed by atoms with Gasteiger partial charge in [0.1, 0.15) is 6.61 Å². The van der Waals surface area contributed by atoms with Crippen LogP contribution in [0, 0.1) is 15.5 Å². The van der Waals surface area contributed by atoms with Gasteiger partial charge in [-0.05, 0) is 6.07 Å². The van der Waals surface area contributed by atoms with Gasteiger partial charge in [0.2, 0.25) is 0 Å². The summed E-state index contributed by atoms with van der Waals surface area (Å²) in [5, 5.41) is 37.8. The first-order chi connectivity index (χ1) is 9.48. The molecule has 0 spiro atoms. The first-order valence-electron chi connectivity index (χ1n) is 5.72. The highest BCUT2D eigenvalue weighted by Gasteiger charge is 2.30. The molecule has 8 heteroatoms. The molecular formula is C12H15NO7. The summed E-state index contributed by atoms with van der Waals surface area (Å²) in [5.74, 6) is -0.839. The molecule has 0 heterocycles. The number of nitro benzene ring substituents is 1. The highest BCUT2D eigenvalue weighted by Crippen LogP contribution is 2.18. The maximum Gasteiger partial charge on any atom is 0.338 e. The first kappa shape index (κ1) is 16.0. The van der Waals surface area contributed by atoms with E-state index >= 15 is 0 Å². The largest absolute Gasteiger partial charge is 0.461 e. The minimum absolute atomic E-state index is 0.0260. The number of rotatable bonds is 7. The molecule has 0 unspecified atom stereocenters. The van der Waals surface area contributed by atoms with Crippen LogP contribution in [0.1, 0.15) is 10.4 Å². The number of hydrogen-bond donors (Lipinski definition) is 3. The van der Waals surface area contributed by atoms with Gasteiger partial charge in [0.15, 0.2) is 0 Å². The van der Waals surface area contributed by atoms with Gasteiger partial charge in [-0.1, -0.05) is 6.07 Å². The van der Waals surface area contributed by atoms with E-state index in [-0.39, 0.29) is 11.3 Å². The Kier molecular flexibility index (Phi) is 5.56. The SMILES string of the molecule is O=C(OCC(CO)(CO)CO)c1cccc([N+](=O)[O-])c1. The van der Waals surface area contributed by atoms with Crippen molar-refractivity contribution in [3.63, 3.8) is 0 Å². The number of aliphatic hydroxyl groups is 3. The fourth-order valence-corrected chi connectivity index (χ4v) is 1.34. The Labute approximate surface area is 114 Å². The highest BCUT2D eigenvalue weighted by atomic mass is 16.6. The number of carbonyl (C=O) groups excluding carboxylic acids is 1.